The van der Waals surface area contributed by atoms with Crippen LogP contribution in [-0.4, -0.2) is 47.5 Å². The summed E-state index contributed by atoms with van der Waals surface area (Å²) >= 11 is 6.45. The first-order valence-corrected chi connectivity index (χ1v) is 13.4. The predicted molar refractivity (Wildman–Crippen MR) is 152 cm³/mol. The zero-order chi connectivity index (χ0) is 30.9. The van der Waals surface area contributed by atoms with Gasteiger partial charge in [-0.1, -0.05) is 37.2 Å². The first kappa shape index (κ1) is 32.2. The number of carbonyl (C=O) groups is 3. The number of hydrogen-bond donors (Lipinski definition) is 1. The maximum absolute atomic E-state index is 14.6. The SMILES string of the molecule is C.N#Cc1ccnc(N2C(=O)OCC[C@H]2C(=O)N(c2cc(F)cc(F)c2)[C@H](C(=O)NC2CC(F)(F)C2)c2ccccc2Cl)c1. The monoisotopic (exact) mass is 631 g/mol. The number of anilines is 2. The topological polar surface area (TPSA) is 116 Å². The molecule has 1 N–H and O–H groups in total. The van der Waals surface area contributed by atoms with Crippen LogP contribution in [0.1, 0.15) is 43.9 Å². The molecule has 5 rings (SSSR count). The molecule has 2 fully saturated rings. The van der Waals surface area contributed by atoms with E-state index in [1.54, 1.807) is 6.07 Å². The van der Waals surface area contributed by atoms with Gasteiger partial charge in [0.25, 0.3) is 11.8 Å². The molecule has 9 nitrogen and oxygen atoms in total. The highest BCUT2D eigenvalue weighted by Gasteiger charge is 2.48. The lowest BCUT2D eigenvalue weighted by atomic mass is 9.87. The van der Waals surface area contributed by atoms with E-state index in [-0.39, 0.29) is 42.4 Å². The molecule has 3 aromatic rings. The number of cyclic esters (lactones) is 1. The molecule has 2 aliphatic rings. The van der Waals surface area contributed by atoms with Gasteiger partial charge in [-0.3, -0.25) is 14.5 Å². The van der Waals surface area contributed by atoms with Crippen LogP contribution in [0.2, 0.25) is 5.02 Å². The lowest BCUT2D eigenvalue weighted by molar-refractivity contribution is -0.133. The fraction of sp³-hybridized carbons (Fsp3) is 0.300. The largest absolute Gasteiger partial charge is 0.449 e. The number of nitriles is 1. The van der Waals surface area contributed by atoms with Crippen molar-refractivity contribution >= 4 is 41.0 Å². The van der Waals surface area contributed by atoms with Gasteiger partial charge in [0.2, 0.25) is 5.91 Å². The molecule has 2 heterocycles. The van der Waals surface area contributed by atoms with Gasteiger partial charge >= 0.3 is 6.09 Å². The molecule has 1 saturated carbocycles. The number of pyridine rings is 1. The second-order valence-electron chi connectivity index (χ2n) is 10.0. The van der Waals surface area contributed by atoms with E-state index in [1.807, 2.05) is 6.07 Å². The van der Waals surface area contributed by atoms with E-state index in [9.17, 15) is 37.2 Å². The molecule has 1 aliphatic carbocycles. The number of nitrogens with zero attached hydrogens (tertiary/aromatic N) is 4. The first-order valence-electron chi connectivity index (χ1n) is 13.0. The minimum atomic E-state index is -2.98. The van der Waals surface area contributed by atoms with Crippen molar-refractivity contribution in [2.45, 2.75) is 50.7 Å². The van der Waals surface area contributed by atoms with E-state index in [0.29, 0.717) is 6.07 Å². The number of aromatic nitrogens is 1. The van der Waals surface area contributed by atoms with E-state index >= 15 is 0 Å². The van der Waals surface area contributed by atoms with E-state index in [0.717, 1.165) is 21.9 Å². The number of nitrogens with one attached hydrogen (secondary N) is 1. The van der Waals surface area contributed by atoms with Gasteiger partial charge in [0.1, 0.15) is 29.5 Å². The third-order valence-corrected chi connectivity index (χ3v) is 7.38. The molecule has 230 valence electrons. The van der Waals surface area contributed by atoms with Crippen LogP contribution >= 0.6 is 11.6 Å². The van der Waals surface area contributed by atoms with Crippen LogP contribution < -0.4 is 15.1 Å². The van der Waals surface area contributed by atoms with Gasteiger partial charge in [0, 0.05) is 48.2 Å². The average Bonchev–Trinajstić information content (AvgIpc) is 2.94. The number of carbonyl (C=O) groups excluding carboxylic acids is 3. The highest BCUT2D eigenvalue weighted by Crippen LogP contribution is 2.39. The van der Waals surface area contributed by atoms with Crippen LogP contribution in [0.4, 0.5) is 33.9 Å². The molecule has 14 heteroatoms. The molecule has 3 amide bonds. The summed E-state index contributed by atoms with van der Waals surface area (Å²) in [6.07, 6.45) is -1.17. The number of amides is 3. The van der Waals surface area contributed by atoms with Crippen molar-refractivity contribution in [3.63, 3.8) is 0 Å². The van der Waals surface area contributed by atoms with Gasteiger partial charge < -0.3 is 10.1 Å². The first-order chi connectivity index (χ1) is 20.5. The maximum Gasteiger partial charge on any atom is 0.416 e. The zero-order valence-electron chi connectivity index (χ0n) is 22.1. The standard InChI is InChI=1S/C29H22ClF4N5O4.CH4/c30-22-4-2-1-3-21(22)25(26(40)37-19-13-29(33,34)14-19)38(20-11-17(31)10-18(32)12-20)27(41)23-6-8-43-28(42)39(23)24-9-16(15-35)5-7-36-24;/h1-5,7,9-12,19,23,25H,6,8,13-14H2,(H,37,40);1H4/t23-,25-;/m0./s1. The molecule has 1 saturated heterocycles. The summed E-state index contributed by atoms with van der Waals surface area (Å²) in [6, 6.07) is 8.52. The van der Waals surface area contributed by atoms with Crippen LogP contribution in [0.15, 0.2) is 60.8 Å². The molecular weight excluding hydrogens is 606 g/mol. The summed E-state index contributed by atoms with van der Waals surface area (Å²) in [4.78, 5) is 47.1. The Bertz CT molecular complexity index is 1610. The summed E-state index contributed by atoms with van der Waals surface area (Å²) in [5.74, 6) is -7.18. The minimum absolute atomic E-state index is 0. The Kier molecular flexibility index (Phi) is 9.44. The van der Waals surface area contributed by atoms with Crippen molar-refractivity contribution in [2.75, 3.05) is 16.4 Å². The zero-order valence-corrected chi connectivity index (χ0v) is 22.9. The lowest BCUT2D eigenvalue weighted by Crippen LogP contribution is -2.58. The summed E-state index contributed by atoms with van der Waals surface area (Å²) in [7, 11) is 0. The van der Waals surface area contributed by atoms with Gasteiger partial charge in [-0.15, -0.1) is 0 Å². The highest BCUT2D eigenvalue weighted by atomic mass is 35.5. The Morgan fingerprint density at radius 2 is 1.82 bits per heavy atom. The Morgan fingerprint density at radius 3 is 2.45 bits per heavy atom. The molecule has 2 atom stereocenters. The van der Waals surface area contributed by atoms with Crippen LogP contribution in [0.5, 0.6) is 0 Å². The van der Waals surface area contributed by atoms with Gasteiger partial charge in [-0.05, 0) is 30.3 Å². The molecule has 0 bridgehead atoms. The summed E-state index contributed by atoms with van der Waals surface area (Å²) in [5, 5.41) is 11.8. The van der Waals surface area contributed by atoms with E-state index in [2.05, 4.69) is 10.3 Å². The summed E-state index contributed by atoms with van der Waals surface area (Å²) < 4.78 is 61.5. The van der Waals surface area contributed by atoms with Crippen molar-refractivity contribution in [3.05, 3.63) is 88.6 Å². The van der Waals surface area contributed by atoms with E-state index in [4.69, 9.17) is 16.3 Å². The van der Waals surface area contributed by atoms with Crippen molar-refractivity contribution < 1.29 is 36.7 Å². The van der Waals surface area contributed by atoms with Crippen LogP contribution in [0, 0.1) is 23.0 Å². The Hall–Kier alpha value is -4.70. The van der Waals surface area contributed by atoms with Gasteiger partial charge in [-0.2, -0.15) is 5.26 Å². The van der Waals surface area contributed by atoms with Crippen molar-refractivity contribution in [1.29, 1.82) is 5.26 Å². The third kappa shape index (κ3) is 6.60. The molecule has 44 heavy (non-hydrogen) atoms. The van der Waals surface area contributed by atoms with Crippen LogP contribution in [0.25, 0.3) is 0 Å². The van der Waals surface area contributed by atoms with Crippen molar-refractivity contribution in [3.8, 4) is 6.07 Å². The van der Waals surface area contributed by atoms with Gasteiger partial charge in [-0.25, -0.2) is 32.2 Å². The molecular formula is C30H26ClF4N5O4. The number of benzene rings is 2. The van der Waals surface area contributed by atoms with Crippen LogP contribution in [0.3, 0.4) is 0 Å². The Labute approximate surface area is 255 Å². The predicted octanol–water partition coefficient (Wildman–Crippen LogP) is 5.92. The number of rotatable bonds is 7. The maximum atomic E-state index is 14.6. The number of ether oxygens (including phenoxy) is 1. The van der Waals surface area contributed by atoms with Gasteiger partial charge in [0.15, 0.2) is 0 Å². The second kappa shape index (κ2) is 12.9. The molecule has 1 aliphatic heterocycles. The average molecular weight is 632 g/mol. The molecule has 0 unspecified atom stereocenters. The quantitative estimate of drug-likeness (QED) is 0.324. The number of halogens is 5. The fourth-order valence-electron chi connectivity index (χ4n) is 5.07. The molecule has 2 aromatic carbocycles. The number of hydrogen-bond acceptors (Lipinski definition) is 6. The third-order valence-electron chi connectivity index (χ3n) is 7.04. The Morgan fingerprint density at radius 1 is 1.14 bits per heavy atom. The number of alkyl halides is 2. The molecule has 0 spiro atoms. The molecule has 1 aromatic heterocycles. The van der Waals surface area contributed by atoms with E-state index < -0.39 is 72.1 Å². The summed E-state index contributed by atoms with van der Waals surface area (Å²) in [6.45, 7) is -0.227. The summed E-state index contributed by atoms with van der Waals surface area (Å²) in [5.41, 5.74) is -0.260. The highest BCUT2D eigenvalue weighted by molar-refractivity contribution is 6.31. The lowest BCUT2D eigenvalue weighted by Gasteiger charge is -2.40. The Balaban J connectivity index is 0.00000442. The van der Waals surface area contributed by atoms with Gasteiger partial charge in [0.05, 0.1) is 23.9 Å². The van der Waals surface area contributed by atoms with Crippen molar-refractivity contribution in [1.82, 2.24) is 10.3 Å². The molecule has 0 radical (unpaired) electrons. The van der Waals surface area contributed by atoms with Crippen LogP contribution in [-0.2, 0) is 14.3 Å². The second-order valence-corrected chi connectivity index (χ2v) is 10.4. The minimum Gasteiger partial charge on any atom is -0.449 e. The normalized spacial score (nSPS) is 18.1. The van der Waals surface area contributed by atoms with Crippen molar-refractivity contribution in [2.24, 2.45) is 0 Å². The van der Waals surface area contributed by atoms with E-state index in [1.165, 1.54) is 36.5 Å². The fourth-order valence-corrected chi connectivity index (χ4v) is 5.31. The smallest absolute Gasteiger partial charge is 0.416 e.